The minimum absolute atomic E-state index is 0.138. The second-order valence-electron chi connectivity index (χ2n) is 7.33. The molecule has 1 heterocycles. The molecule has 2 aromatic carbocycles. The Kier molecular flexibility index (Phi) is 10.4. The number of hydrogen-bond donors (Lipinski definition) is 1. The molecule has 2 N–H and O–H groups in total. The Bertz CT molecular complexity index is 1160. The normalized spacial score (nSPS) is 11.7. The van der Waals surface area contributed by atoms with Crippen molar-refractivity contribution in [3.05, 3.63) is 65.9 Å². The molecule has 8 nitrogen and oxygen atoms in total. The van der Waals surface area contributed by atoms with Crippen molar-refractivity contribution in [2.45, 2.75) is 18.0 Å². The van der Waals surface area contributed by atoms with Crippen LogP contribution in [0.2, 0.25) is 0 Å². The number of halogens is 3. The van der Waals surface area contributed by atoms with Gasteiger partial charge in [0, 0.05) is 19.8 Å². The number of aromatic nitrogens is 2. The van der Waals surface area contributed by atoms with Crippen LogP contribution >= 0.6 is 0 Å². The predicted octanol–water partition coefficient (Wildman–Crippen LogP) is 3.81. The van der Waals surface area contributed by atoms with Gasteiger partial charge in [-0.3, -0.25) is 0 Å². The van der Waals surface area contributed by atoms with Crippen molar-refractivity contribution in [1.82, 2.24) is 9.78 Å². The Morgan fingerprint density at radius 3 is 1.91 bits per heavy atom. The van der Waals surface area contributed by atoms with E-state index < -0.39 is 21.9 Å². The Morgan fingerprint density at radius 2 is 1.46 bits per heavy atom. The van der Waals surface area contributed by atoms with Crippen LogP contribution in [-0.2, 0) is 30.4 Å². The van der Waals surface area contributed by atoms with Gasteiger partial charge in [0.05, 0.1) is 42.7 Å². The molecule has 3 aromatic rings. The summed E-state index contributed by atoms with van der Waals surface area (Å²) in [5, 5.41) is 8.70. The summed E-state index contributed by atoms with van der Waals surface area (Å²) in [4.78, 5) is -0.138. The fraction of sp³-hybridized carbons (Fsp3) is 0.348. The first kappa shape index (κ1) is 28.5. The molecule has 192 valence electrons. The first-order valence-corrected chi connectivity index (χ1v) is 11.9. The highest BCUT2D eigenvalue weighted by Crippen LogP contribution is 2.33. The van der Waals surface area contributed by atoms with E-state index in [0.29, 0.717) is 32.0 Å². The summed E-state index contributed by atoms with van der Waals surface area (Å²) in [6.45, 7) is 4.49. The lowest BCUT2D eigenvalue weighted by molar-refractivity contribution is -0.141. The van der Waals surface area contributed by atoms with Crippen LogP contribution in [0, 0.1) is 6.92 Å². The number of sulfonamides is 1. The van der Waals surface area contributed by atoms with Crippen molar-refractivity contribution in [3.8, 4) is 16.9 Å². The van der Waals surface area contributed by atoms with E-state index in [1.54, 1.807) is 38.5 Å². The van der Waals surface area contributed by atoms with E-state index in [2.05, 4.69) is 5.10 Å². The van der Waals surface area contributed by atoms with Crippen molar-refractivity contribution in [2.24, 2.45) is 5.14 Å². The molecule has 35 heavy (non-hydrogen) atoms. The molecule has 0 amide bonds. The van der Waals surface area contributed by atoms with Crippen molar-refractivity contribution in [3.63, 3.8) is 0 Å². The molecule has 0 bridgehead atoms. The zero-order valence-corrected chi connectivity index (χ0v) is 20.4. The van der Waals surface area contributed by atoms with Crippen LogP contribution in [-0.4, -0.2) is 58.8 Å². The van der Waals surface area contributed by atoms with E-state index in [1.165, 1.54) is 24.3 Å². The van der Waals surface area contributed by atoms with E-state index in [-0.39, 0.29) is 16.3 Å². The van der Waals surface area contributed by atoms with Gasteiger partial charge in [0.1, 0.15) is 0 Å². The molecular weight excluding hydrogens is 487 g/mol. The summed E-state index contributed by atoms with van der Waals surface area (Å²) in [5.74, 6) is 0. The van der Waals surface area contributed by atoms with Crippen LogP contribution in [0.4, 0.5) is 13.2 Å². The molecule has 0 unspecified atom stereocenters. The number of alkyl halides is 3. The maximum Gasteiger partial charge on any atom is 0.435 e. The number of hydrogen-bond acceptors (Lipinski definition) is 6. The first-order chi connectivity index (χ1) is 16.5. The summed E-state index contributed by atoms with van der Waals surface area (Å²) in [6.07, 6.45) is -4.61. The fourth-order valence-corrected chi connectivity index (χ4v) is 3.33. The van der Waals surface area contributed by atoms with E-state index >= 15 is 0 Å². The molecule has 0 saturated heterocycles. The number of rotatable bonds is 9. The molecular formula is C23H28F3N3O5S. The van der Waals surface area contributed by atoms with Crippen LogP contribution in [0.25, 0.3) is 16.9 Å². The summed E-state index contributed by atoms with van der Waals surface area (Å²) < 4.78 is 77.8. The number of nitrogens with two attached hydrogens (primary N) is 1. The molecule has 3 rings (SSSR count). The molecule has 0 spiro atoms. The molecule has 0 atom stereocenters. The van der Waals surface area contributed by atoms with E-state index in [4.69, 9.17) is 19.3 Å². The average Bonchev–Trinajstić information content (AvgIpc) is 3.26. The summed E-state index contributed by atoms with van der Waals surface area (Å²) in [5.41, 5.74) is 0.996. The smallest absolute Gasteiger partial charge is 0.382 e. The van der Waals surface area contributed by atoms with Gasteiger partial charge >= 0.3 is 6.18 Å². The second-order valence-corrected chi connectivity index (χ2v) is 8.89. The Labute approximate surface area is 202 Å². The van der Waals surface area contributed by atoms with Gasteiger partial charge in [-0.05, 0) is 37.3 Å². The SMILES string of the molecule is COCCOCCOC.Cc1ccc(-c2cc(C(F)(F)F)nn2-c2ccc(S(N)(=O)=O)cc2)cc1. The average molecular weight is 516 g/mol. The highest BCUT2D eigenvalue weighted by Gasteiger charge is 2.35. The third kappa shape index (κ3) is 8.75. The summed E-state index contributed by atoms with van der Waals surface area (Å²) >= 11 is 0. The van der Waals surface area contributed by atoms with Gasteiger partial charge < -0.3 is 14.2 Å². The van der Waals surface area contributed by atoms with Gasteiger partial charge in [0.25, 0.3) is 0 Å². The topological polar surface area (TPSA) is 106 Å². The van der Waals surface area contributed by atoms with Gasteiger partial charge in [-0.1, -0.05) is 29.8 Å². The minimum atomic E-state index is -4.61. The Hall–Kier alpha value is -2.77. The van der Waals surface area contributed by atoms with Crippen LogP contribution in [0.1, 0.15) is 11.3 Å². The first-order valence-electron chi connectivity index (χ1n) is 10.4. The lowest BCUT2D eigenvalue weighted by Gasteiger charge is -2.09. The highest BCUT2D eigenvalue weighted by atomic mass is 32.2. The molecule has 12 heteroatoms. The number of primary sulfonamides is 1. The van der Waals surface area contributed by atoms with Crippen molar-refractivity contribution in [1.29, 1.82) is 0 Å². The van der Waals surface area contributed by atoms with Crippen LogP contribution in [0.5, 0.6) is 0 Å². The van der Waals surface area contributed by atoms with E-state index in [0.717, 1.165) is 16.3 Å². The summed E-state index contributed by atoms with van der Waals surface area (Å²) in [6, 6.07) is 13.1. The molecule has 0 aliphatic heterocycles. The van der Waals surface area contributed by atoms with Crippen LogP contribution < -0.4 is 5.14 Å². The van der Waals surface area contributed by atoms with Gasteiger partial charge in [-0.25, -0.2) is 18.2 Å². The molecule has 0 saturated carbocycles. The lowest BCUT2D eigenvalue weighted by Crippen LogP contribution is -2.12. The maximum absolute atomic E-state index is 13.1. The monoisotopic (exact) mass is 515 g/mol. The van der Waals surface area contributed by atoms with Gasteiger partial charge in [-0.2, -0.15) is 18.3 Å². The van der Waals surface area contributed by atoms with Crippen molar-refractivity contribution >= 4 is 10.0 Å². The quantitative estimate of drug-likeness (QED) is 0.435. The van der Waals surface area contributed by atoms with Gasteiger partial charge in [0.2, 0.25) is 10.0 Å². The Morgan fingerprint density at radius 1 is 0.914 bits per heavy atom. The maximum atomic E-state index is 13.1. The molecule has 0 fully saturated rings. The highest BCUT2D eigenvalue weighted by molar-refractivity contribution is 7.89. The Balaban J connectivity index is 0.000000410. The minimum Gasteiger partial charge on any atom is -0.382 e. The zero-order valence-electron chi connectivity index (χ0n) is 19.6. The van der Waals surface area contributed by atoms with Crippen LogP contribution in [0.3, 0.4) is 0 Å². The molecule has 0 aliphatic carbocycles. The van der Waals surface area contributed by atoms with E-state index in [9.17, 15) is 21.6 Å². The van der Waals surface area contributed by atoms with E-state index in [1.807, 2.05) is 6.92 Å². The van der Waals surface area contributed by atoms with Gasteiger partial charge in [0.15, 0.2) is 5.69 Å². The van der Waals surface area contributed by atoms with Gasteiger partial charge in [-0.15, -0.1) is 0 Å². The zero-order chi connectivity index (χ0) is 26.1. The molecule has 0 aliphatic rings. The number of aryl methyl sites for hydroxylation is 1. The fourth-order valence-electron chi connectivity index (χ4n) is 2.81. The van der Waals surface area contributed by atoms with Crippen molar-refractivity contribution in [2.75, 3.05) is 40.6 Å². The largest absolute Gasteiger partial charge is 0.435 e. The lowest BCUT2D eigenvalue weighted by atomic mass is 10.1. The molecule has 0 radical (unpaired) electrons. The second kappa shape index (κ2) is 12.8. The third-order valence-electron chi connectivity index (χ3n) is 4.62. The van der Waals surface area contributed by atoms with Crippen LogP contribution in [0.15, 0.2) is 59.5 Å². The molecule has 1 aromatic heterocycles. The summed E-state index contributed by atoms with van der Waals surface area (Å²) in [7, 11) is -0.592. The predicted molar refractivity (Wildman–Crippen MR) is 125 cm³/mol. The number of nitrogens with zero attached hydrogens (tertiary/aromatic N) is 2. The number of methoxy groups -OCH3 is 2. The third-order valence-corrected chi connectivity index (χ3v) is 5.55. The number of ether oxygens (including phenoxy) is 3. The standard InChI is InChI=1S/C17H14F3N3O2S.C6H14O3/c1-11-2-4-12(5-3-11)15-10-16(17(18,19)20)22-23(15)13-6-8-14(9-7-13)26(21,24)25;1-7-3-5-9-6-4-8-2/h2-10H,1H3,(H2,21,24,25);3-6H2,1-2H3. The van der Waals surface area contributed by atoms with Crippen molar-refractivity contribution < 1.29 is 35.8 Å². The number of benzene rings is 2.